The Labute approximate surface area is 172 Å². The van der Waals surface area contributed by atoms with Gasteiger partial charge < -0.3 is 0 Å². The molecule has 0 aliphatic heterocycles. The summed E-state index contributed by atoms with van der Waals surface area (Å²) in [6.45, 7) is 0. The minimum absolute atomic E-state index is 0.189. The summed E-state index contributed by atoms with van der Waals surface area (Å²) in [5.41, 5.74) is 0.0561. The van der Waals surface area contributed by atoms with Gasteiger partial charge >= 0.3 is 0 Å². The Morgan fingerprint density at radius 3 is 2.62 bits per heavy atom. The summed E-state index contributed by atoms with van der Waals surface area (Å²) < 4.78 is 23.8. The van der Waals surface area contributed by atoms with E-state index in [9.17, 15) is 23.3 Å². The van der Waals surface area contributed by atoms with Crippen LogP contribution in [0.1, 0.15) is 37.7 Å². The molecule has 3 rings (SSSR count). The summed E-state index contributed by atoms with van der Waals surface area (Å²) in [5, 5.41) is 16.3. The van der Waals surface area contributed by atoms with Crippen molar-refractivity contribution in [2.75, 3.05) is 11.6 Å². The number of nitrogens with zero attached hydrogens (tertiary/aromatic N) is 2. The third kappa shape index (κ3) is 5.27. The molecule has 0 saturated heterocycles. The van der Waals surface area contributed by atoms with Gasteiger partial charge in [0.05, 0.1) is 4.92 Å². The van der Waals surface area contributed by atoms with Crippen molar-refractivity contribution < 1.29 is 18.1 Å². The number of nitro benzene ring substituents is 1. The van der Waals surface area contributed by atoms with E-state index in [-0.39, 0.29) is 16.4 Å². The van der Waals surface area contributed by atoms with Gasteiger partial charge in [-0.3, -0.25) is 20.2 Å². The van der Waals surface area contributed by atoms with Crippen LogP contribution in [0.5, 0.6) is 0 Å². The van der Waals surface area contributed by atoms with Crippen molar-refractivity contribution in [3.8, 4) is 0 Å². The Hall–Kier alpha value is -2.59. The lowest BCUT2D eigenvalue weighted by molar-refractivity contribution is -0.387. The van der Waals surface area contributed by atoms with Crippen LogP contribution in [0.3, 0.4) is 0 Å². The van der Waals surface area contributed by atoms with Crippen molar-refractivity contribution in [1.82, 2.24) is 4.98 Å². The van der Waals surface area contributed by atoms with Crippen LogP contribution in [0.25, 0.3) is 5.57 Å². The number of rotatable bonds is 6. The number of carbonyl (C=O) groups excluding carboxylic acids is 1. The van der Waals surface area contributed by atoms with Gasteiger partial charge in [0.15, 0.2) is 15.0 Å². The van der Waals surface area contributed by atoms with Crippen LogP contribution in [-0.4, -0.2) is 30.5 Å². The molecule has 1 saturated carbocycles. The Kier molecular flexibility index (Phi) is 6.43. The number of nitrogens with one attached hydrogen (secondary N) is 1. The maximum absolute atomic E-state index is 12.9. The molecule has 1 heterocycles. The van der Waals surface area contributed by atoms with Crippen molar-refractivity contribution in [1.29, 1.82) is 0 Å². The molecule has 1 aliphatic carbocycles. The first-order valence-corrected chi connectivity index (χ1v) is 11.9. The smallest absolute Gasteiger partial charge is 0.288 e. The van der Waals surface area contributed by atoms with Crippen LogP contribution in [0.2, 0.25) is 0 Å². The highest BCUT2D eigenvalue weighted by Gasteiger charge is 2.25. The summed E-state index contributed by atoms with van der Waals surface area (Å²) in [7, 11) is -3.78. The van der Waals surface area contributed by atoms with E-state index in [4.69, 9.17) is 0 Å². The van der Waals surface area contributed by atoms with E-state index >= 15 is 0 Å². The SMILES string of the molecule is CS(=O)(=O)c1ccc(C(=CC2CCCCC2)C(=O)Nc2nccs2)cc1[N+](=O)[O-]. The topological polar surface area (TPSA) is 119 Å². The van der Waals surface area contributed by atoms with Crippen molar-refractivity contribution in [3.05, 3.63) is 51.5 Å². The van der Waals surface area contributed by atoms with Gasteiger partial charge in [0.1, 0.15) is 4.90 Å². The highest BCUT2D eigenvalue weighted by molar-refractivity contribution is 7.90. The number of thiazole rings is 1. The molecule has 154 valence electrons. The van der Waals surface area contributed by atoms with Gasteiger partial charge in [-0.2, -0.15) is 0 Å². The van der Waals surface area contributed by atoms with Gasteiger partial charge in [-0.1, -0.05) is 31.4 Å². The van der Waals surface area contributed by atoms with E-state index < -0.39 is 26.4 Å². The van der Waals surface area contributed by atoms with Crippen molar-refractivity contribution in [2.24, 2.45) is 5.92 Å². The Morgan fingerprint density at radius 1 is 1.31 bits per heavy atom. The Morgan fingerprint density at radius 2 is 2.03 bits per heavy atom. The highest BCUT2D eigenvalue weighted by Crippen LogP contribution is 2.32. The molecule has 1 aromatic carbocycles. The lowest BCUT2D eigenvalue weighted by Gasteiger charge is -2.20. The van der Waals surface area contributed by atoms with Gasteiger partial charge in [-0.05, 0) is 30.4 Å². The highest BCUT2D eigenvalue weighted by atomic mass is 32.2. The van der Waals surface area contributed by atoms with E-state index in [1.54, 1.807) is 11.6 Å². The molecule has 1 amide bonds. The molecule has 0 spiro atoms. The minimum Gasteiger partial charge on any atom is -0.298 e. The number of hydrogen-bond acceptors (Lipinski definition) is 7. The van der Waals surface area contributed by atoms with Crippen LogP contribution in [-0.2, 0) is 14.6 Å². The molecule has 1 aromatic heterocycles. The molecule has 1 N–H and O–H groups in total. The molecule has 2 aromatic rings. The van der Waals surface area contributed by atoms with Crippen molar-refractivity contribution >= 4 is 43.5 Å². The molecular weight excluding hydrogens is 414 g/mol. The number of anilines is 1. The molecule has 0 atom stereocenters. The van der Waals surface area contributed by atoms with Crippen molar-refractivity contribution in [3.63, 3.8) is 0 Å². The van der Waals surface area contributed by atoms with Crippen LogP contribution in [0, 0.1) is 16.0 Å². The number of carbonyl (C=O) groups is 1. The van der Waals surface area contributed by atoms with Gasteiger partial charge in [-0.15, -0.1) is 11.3 Å². The first-order valence-electron chi connectivity index (χ1n) is 9.17. The second-order valence-electron chi connectivity index (χ2n) is 6.98. The maximum Gasteiger partial charge on any atom is 0.288 e. The van der Waals surface area contributed by atoms with Crippen LogP contribution >= 0.6 is 11.3 Å². The minimum atomic E-state index is -3.78. The standard InChI is InChI=1S/C19H21N3O5S2/c1-29(26,27)17-8-7-14(12-16(17)22(24)25)15(11-13-5-3-2-4-6-13)18(23)21-19-20-9-10-28-19/h7-13H,2-6H2,1H3,(H,20,21,23). The number of benzene rings is 1. The summed E-state index contributed by atoms with van der Waals surface area (Å²) in [4.78, 5) is 27.4. The second-order valence-corrected chi connectivity index (χ2v) is 9.86. The van der Waals surface area contributed by atoms with E-state index in [0.717, 1.165) is 44.4 Å². The van der Waals surface area contributed by atoms with Crippen LogP contribution in [0.15, 0.2) is 40.7 Å². The number of amides is 1. The van der Waals surface area contributed by atoms with E-state index in [2.05, 4.69) is 10.3 Å². The summed E-state index contributed by atoms with van der Waals surface area (Å²) in [6, 6.07) is 3.79. The predicted octanol–water partition coefficient (Wildman–Crippen LogP) is 4.06. The Balaban J connectivity index is 2.05. The molecule has 0 bridgehead atoms. The fourth-order valence-electron chi connectivity index (χ4n) is 3.43. The summed E-state index contributed by atoms with van der Waals surface area (Å²) in [6.07, 6.45) is 9.50. The molecule has 1 aliphatic rings. The number of hydrogen-bond donors (Lipinski definition) is 1. The quantitative estimate of drug-likeness (QED) is 0.415. The molecule has 8 nitrogen and oxygen atoms in total. The van der Waals surface area contributed by atoms with Gasteiger partial charge in [0.25, 0.3) is 11.6 Å². The average molecular weight is 436 g/mol. The normalized spacial score (nSPS) is 15.8. The molecule has 1 fully saturated rings. The fraction of sp³-hybridized carbons (Fsp3) is 0.368. The molecule has 10 heteroatoms. The first-order chi connectivity index (χ1) is 13.8. The third-order valence-electron chi connectivity index (χ3n) is 4.82. The maximum atomic E-state index is 12.9. The number of allylic oxidation sites excluding steroid dienone is 1. The summed E-state index contributed by atoms with van der Waals surface area (Å²) >= 11 is 1.27. The van der Waals surface area contributed by atoms with Gasteiger partial charge in [0, 0.05) is 29.5 Å². The van der Waals surface area contributed by atoms with E-state index in [1.807, 2.05) is 6.08 Å². The summed E-state index contributed by atoms with van der Waals surface area (Å²) in [5.74, 6) is -0.235. The van der Waals surface area contributed by atoms with E-state index in [0.29, 0.717) is 10.7 Å². The lowest BCUT2D eigenvalue weighted by Crippen LogP contribution is -2.16. The van der Waals surface area contributed by atoms with Crippen LogP contribution < -0.4 is 5.32 Å². The van der Waals surface area contributed by atoms with Crippen LogP contribution in [0.4, 0.5) is 10.8 Å². The largest absolute Gasteiger partial charge is 0.298 e. The first kappa shape index (κ1) is 21.1. The number of aromatic nitrogens is 1. The molecule has 29 heavy (non-hydrogen) atoms. The molecule has 0 unspecified atom stereocenters. The van der Waals surface area contributed by atoms with E-state index in [1.165, 1.54) is 23.5 Å². The molecule has 0 radical (unpaired) electrons. The lowest BCUT2D eigenvalue weighted by atomic mass is 9.86. The monoisotopic (exact) mass is 435 g/mol. The third-order valence-corrected chi connectivity index (χ3v) is 6.65. The zero-order valence-corrected chi connectivity index (χ0v) is 17.5. The number of sulfone groups is 1. The van der Waals surface area contributed by atoms with Gasteiger partial charge in [0.2, 0.25) is 0 Å². The zero-order valence-electron chi connectivity index (χ0n) is 15.8. The van der Waals surface area contributed by atoms with Gasteiger partial charge in [-0.25, -0.2) is 13.4 Å². The predicted molar refractivity (Wildman–Crippen MR) is 112 cm³/mol. The average Bonchev–Trinajstić information content (AvgIpc) is 3.18. The fourth-order valence-corrected chi connectivity index (χ4v) is 4.78. The van der Waals surface area contributed by atoms with Crippen molar-refractivity contribution in [2.45, 2.75) is 37.0 Å². The second kappa shape index (κ2) is 8.83. The number of nitro groups is 1. The molecular formula is C19H21N3O5S2. The zero-order chi connectivity index (χ0) is 21.0. The Bertz CT molecular complexity index is 1040.